The van der Waals surface area contributed by atoms with Crippen molar-refractivity contribution in [2.24, 2.45) is 11.5 Å². The Kier molecular flexibility index (Phi) is 3.85. The molecule has 1 amide bonds. The van der Waals surface area contributed by atoms with Crippen LogP contribution < -0.4 is 11.5 Å². The Balaban J connectivity index is 3.57. The zero-order chi connectivity index (χ0) is 14.1. The number of halogens is 5. The minimum atomic E-state index is -4.85. The number of rotatable bonds is 3. The fourth-order valence-electron chi connectivity index (χ4n) is 1.33. The highest BCUT2D eigenvalue weighted by molar-refractivity contribution is 5.94. The zero-order valence-electron chi connectivity index (χ0n) is 8.76. The Morgan fingerprint density at radius 1 is 1.39 bits per heavy atom. The second-order valence-corrected chi connectivity index (χ2v) is 3.28. The summed E-state index contributed by atoms with van der Waals surface area (Å²) in [6, 6.07) is 0.249. The molecule has 0 bridgehead atoms. The number of amides is 1. The van der Waals surface area contributed by atoms with Crippen molar-refractivity contribution in [3.05, 3.63) is 28.6 Å². The van der Waals surface area contributed by atoms with Crippen molar-refractivity contribution in [3.63, 3.8) is 0 Å². The van der Waals surface area contributed by atoms with E-state index in [0.29, 0.717) is 0 Å². The van der Waals surface area contributed by atoms with Gasteiger partial charge in [0.2, 0.25) is 0 Å². The number of primary amides is 1. The van der Waals surface area contributed by atoms with Gasteiger partial charge in [0.1, 0.15) is 5.69 Å². The Morgan fingerprint density at radius 2 is 1.94 bits per heavy atom. The van der Waals surface area contributed by atoms with Gasteiger partial charge in [0.15, 0.2) is 0 Å². The molecular formula is C9H8F5N3O. The summed E-state index contributed by atoms with van der Waals surface area (Å²) < 4.78 is 62.8. The molecule has 100 valence electrons. The standard InChI is InChI=1S/C9H8F5N3O/c10-7(11)6-3(8(16)18)1-4(9(12,13)14)5(2-15)17-6/h1,7H,2,15H2,(H2,16,18). The smallest absolute Gasteiger partial charge is 0.366 e. The minimum absolute atomic E-state index is 0.249. The third-order valence-electron chi connectivity index (χ3n) is 2.10. The minimum Gasteiger partial charge on any atom is -0.366 e. The van der Waals surface area contributed by atoms with Crippen molar-refractivity contribution in [2.45, 2.75) is 19.1 Å². The van der Waals surface area contributed by atoms with E-state index in [1.54, 1.807) is 0 Å². The molecule has 0 unspecified atom stereocenters. The number of nitrogens with two attached hydrogens (primary N) is 2. The number of nitrogens with zero attached hydrogens (tertiary/aromatic N) is 1. The number of alkyl halides is 5. The fourth-order valence-corrected chi connectivity index (χ4v) is 1.33. The van der Waals surface area contributed by atoms with E-state index in [-0.39, 0.29) is 6.07 Å². The van der Waals surface area contributed by atoms with E-state index in [2.05, 4.69) is 4.98 Å². The molecule has 0 aliphatic rings. The first-order chi connectivity index (χ1) is 8.18. The van der Waals surface area contributed by atoms with Gasteiger partial charge in [-0.1, -0.05) is 0 Å². The maximum Gasteiger partial charge on any atom is 0.418 e. The first-order valence-electron chi connectivity index (χ1n) is 4.57. The molecule has 1 aromatic heterocycles. The Morgan fingerprint density at radius 3 is 2.28 bits per heavy atom. The van der Waals surface area contributed by atoms with Gasteiger partial charge in [0.05, 0.1) is 16.8 Å². The van der Waals surface area contributed by atoms with Gasteiger partial charge in [-0.3, -0.25) is 4.79 Å². The van der Waals surface area contributed by atoms with Crippen LogP contribution >= 0.6 is 0 Å². The van der Waals surface area contributed by atoms with E-state index in [4.69, 9.17) is 11.5 Å². The van der Waals surface area contributed by atoms with Crippen LogP contribution in [0.15, 0.2) is 6.07 Å². The van der Waals surface area contributed by atoms with E-state index >= 15 is 0 Å². The van der Waals surface area contributed by atoms with Gasteiger partial charge < -0.3 is 11.5 Å². The monoisotopic (exact) mass is 269 g/mol. The summed E-state index contributed by atoms with van der Waals surface area (Å²) in [5.41, 5.74) is 5.59. The van der Waals surface area contributed by atoms with E-state index in [1.807, 2.05) is 0 Å². The van der Waals surface area contributed by atoms with Crippen LogP contribution in [-0.4, -0.2) is 10.9 Å². The SMILES string of the molecule is NCc1nc(C(F)F)c(C(N)=O)cc1C(F)(F)F. The molecule has 18 heavy (non-hydrogen) atoms. The maximum atomic E-state index is 12.6. The molecule has 1 rings (SSSR count). The lowest BCUT2D eigenvalue weighted by Gasteiger charge is -2.14. The van der Waals surface area contributed by atoms with E-state index in [0.717, 1.165) is 0 Å². The van der Waals surface area contributed by atoms with Crippen LogP contribution in [0.2, 0.25) is 0 Å². The molecule has 0 radical (unpaired) electrons. The molecule has 1 heterocycles. The molecule has 0 spiro atoms. The lowest BCUT2D eigenvalue weighted by Crippen LogP contribution is -2.21. The number of pyridine rings is 1. The van der Waals surface area contributed by atoms with Gasteiger partial charge in [0.25, 0.3) is 12.3 Å². The maximum absolute atomic E-state index is 12.6. The van der Waals surface area contributed by atoms with Crippen molar-refractivity contribution in [3.8, 4) is 0 Å². The first kappa shape index (κ1) is 14.3. The lowest BCUT2D eigenvalue weighted by molar-refractivity contribution is -0.138. The number of hydrogen-bond donors (Lipinski definition) is 2. The Hall–Kier alpha value is -1.77. The van der Waals surface area contributed by atoms with E-state index < -0.39 is 47.6 Å². The molecule has 0 aliphatic heterocycles. The van der Waals surface area contributed by atoms with Crippen molar-refractivity contribution in [2.75, 3.05) is 0 Å². The molecule has 0 aliphatic carbocycles. The third kappa shape index (κ3) is 2.73. The molecule has 1 aromatic rings. The normalized spacial score (nSPS) is 11.9. The highest BCUT2D eigenvalue weighted by atomic mass is 19.4. The molecule has 0 saturated heterocycles. The van der Waals surface area contributed by atoms with Gasteiger partial charge in [-0.2, -0.15) is 13.2 Å². The summed E-state index contributed by atoms with van der Waals surface area (Å²) in [5.74, 6) is -1.41. The topological polar surface area (TPSA) is 82.0 Å². The number of hydrogen-bond acceptors (Lipinski definition) is 3. The van der Waals surface area contributed by atoms with Crippen LogP contribution in [0.5, 0.6) is 0 Å². The summed E-state index contributed by atoms with van der Waals surface area (Å²) in [6.07, 6.45) is -8.08. The largest absolute Gasteiger partial charge is 0.418 e. The van der Waals surface area contributed by atoms with Crippen molar-refractivity contribution in [1.82, 2.24) is 4.98 Å². The van der Waals surface area contributed by atoms with Crippen LogP contribution in [0.1, 0.15) is 33.7 Å². The van der Waals surface area contributed by atoms with Crippen molar-refractivity contribution < 1.29 is 26.7 Å². The van der Waals surface area contributed by atoms with Crippen molar-refractivity contribution >= 4 is 5.91 Å². The average Bonchev–Trinajstić information content (AvgIpc) is 2.25. The predicted molar refractivity (Wildman–Crippen MR) is 50.6 cm³/mol. The summed E-state index contributed by atoms with van der Waals surface area (Å²) in [5, 5.41) is 0. The first-order valence-corrected chi connectivity index (χ1v) is 4.57. The van der Waals surface area contributed by atoms with Crippen LogP contribution in [0, 0.1) is 0 Å². The second-order valence-electron chi connectivity index (χ2n) is 3.28. The quantitative estimate of drug-likeness (QED) is 0.817. The predicted octanol–water partition coefficient (Wildman–Crippen LogP) is 1.60. The molecular weight excluding hydrogens is 261 g/mol. The lowest BCUT2D eigenvalue weighted by atomic mass is 10.1. The summed E-state index contributed by atoms with van der Waals surface area (Å²) in [7, 11) is 0. The highest BCUT2D eigenvalue weighted by Crippen LogP contribution is 2.34. The van der Waals surface area contributed by atoms with Gasteiger partial charge in [-0.15, -0.1) is 0 Å². The summed E-state index contributed by atoms with van der Waals surface area (Å²) in [4.78, 5) is 13.9. The Bertz CT molecular complexity index is 472. The Labute approximate surface area is 97.8 Å². The van der Waals surface area contributed by atoms with E-state index in [9.17, 15) is 26.7 Å². The molecule has 0 saturated carbocycles. The molecule has 4 N–H and O–H groups in total. The van der Waals surface area contributed by atoms with Crippen molar-refractivity contribution in [1.29, 1.82) is 0 Å². The van der Waals surface area contributed by atoms with Crippen LogP contribution in [0.25, 0.3) is 0 Å². The third-order valence-corrected chi connectivity index (χ3v) is 2.10. The summed E-state index contributed by atoms with van der Waals surface area (Å²) >= 11 is 0. The molecule has 4 nitrogen and oxygen atoms in total. The van der Waals surface area contributed by atoms with Gasteiger partial charge >= 0.3 is 6.18 Å². The van der Waals surface area contributed by atoms with E-state index in [1.165, 1.54) is 0 Å². The molecule has 0 aromatic carbocycles. The number of aromatic nitrogens is 1. The fraction of sp³-hybridized carbons (Fsp3) is 0.333. The van der Waals surface area contributed by atoms with Crippen LogP contribution in [-0.2, 0) is 12.7 Å². The van der Waals surface area contributed by atoms with Gasteiger partial charge in [0, 0.05) is 6.54 Å². The van der Waals surface area contributed by atoms with Gasteiger partial charge in [-0.25, -0.2) is 13.8 Å². The van der Waals surface area contributed by atoms with Crippen LogP contribution in [0.4, 0.5) is 22.0 Å². The molecule has 9 heteroatoms. The average molecular weight is 269 g/mol. The second kappa shape index (κ2) is 4.84. The summed E-state index contributed by atoms with van der Waals surface area (Å²) in [6.45, 7) is -0.687. The van der Waals surface area contributed by atoms with Gasteiger partial charge in [-0.05, 0) is 6.07 Å². The number of carbonyl (C=O) groups excluding carboxylic acids is 1. The number of carbonyl (C=O) groups is 1. The highest BCUT2D eigenvalue weighted by Gasteiger charge is 2.36. The van der Waals surface area contributed by atoms with Crippen LogP contribution in [0.3, 0.4) is 0 Å². The zero-order valence-corrected chi connectivity index (χ0v) is 8.76. The molecule has 0 atom stereocenters. The molecule has 0 fully saturated rings.